The maximum absolute atomic E-state index is 6.01. The first kappa shape index (κ1) is 12.2. The molecule has 1 aromatic rings. The molecular formula is C12H19ClN2. The number of halogens is 1. The van der Waals surface area contributed by atoms with Gasteiger partial charge < -0.3 is 10.6 Å². The molecule has 0 unspecified atom stereocenters. The van der Waals surface area contributed by atoms with Crippen molar-refractivity contribution in [2.75, 3.05) is 23.7 Å². The van der Waals surface area contributed by atoms with Gasteiger partial charge in [0.15, 0.2) is 0 Å². The van der Waals surface area contributed by atoms with Crippen molar-refractivity contribution in [3.05, 3.63) is 23.2 Å². The van der Waals surface area contributed by atoms with Crippen LogP contribution in [0.2, 0.25) is 5.02 Å². The standard InChI is InChI=1S/C12H19ClN2/c1-3-7-15(8-4-2)10-5-6-12(14)11(13)9-10/h5-6,9H,3-4,7-8,14H2,1-2H3. The predicted molar refractivity (Wildman–Crippen MR) is 68.7 cm³/mol. The van der Waals surface area contributed by atoms with E-state index in [1.807, 2.05) is 18.2 Å². The Hall–Kier alpha value is -0.890. The normalized spacial score (nSPS) is 10.3. The van der Waals surface area contributed by atoms with Crippen molar-refractivity contribution in [2.45, 2.75) is 26.7 Å². The minimum Gasteiger partial charge on any atom is -0.398 e. The zero-order chi connectivity index (χ0) is 11.3. The van der Waals surface area contributed by atoms with Gasteiger partial charge in [0, 0.05) is 18.8 Å². The SMILES string of the molecule is CCCN(CCC)c1ccc(N)c(Cl)c1. The van der Waals surface area contributed by atoms with E-state index >= 15 is 0 Å². The molecule has 0 saturated heterocycles. The van der Waals surface area contributed by atoms with E-state index in [1.165, 1.54) is 0 Å². The molecule has 0 spiro atoms. The summed E-state index contributed by atoms with van der Waals surface area (Å²) in [5, 5.41) is 0.643. The van der Waals surface area contributed by atoms with Gasteiger partial charge in [-0.1, -0.05) is 25.4 Å². The summed E-state index contributed by atoms with van der Waals surface area (Å²) in [7, 11) is 0. The van der Waals surface area contributed by atoms with Crippen LogP contribution in [0.15, 0.2) is 18.2 Å². The summed E-state index contributed by atoms with van der Waals surface area (Å²) in [6.45, 7) is 6.49. The second-order valence-corrected chi connectivity index (χ2v) is 4.10. The number of rotatable bonds is 5. The van der Waals surface area contributed by atoms with Gasteiger partial charge in [-0.3, -0.25) is 0 Å². The Kier molecular flexibility index (Phi) is 4.76. The Balaban J connectivity index is 2.85. The molecule has 84 valence electrons. The van der Waals surface area contributed by atoms with Crippen LogP contribution in [-0.4, -0.2) is 13.1 Å². The van der Waals surface area contributed by atoms with E-state index in [9.17, 15) is 0 Å². The summed E-state index contributed by atoms with van der Waals surface area (Å²) in [5.74, 6) is 0. The molecule has 0 bridgehead atoms. The molecule has 0 amide bonds. The first-order chi connectivity index (χ1) is 7.19. The molecule has 3 heteroatoms. The van der Waals surface area contributed by atoms with Crippen molar-refractivity contribution in [3.8, 4) is 0 Å². The van der Waals surface area contributed by atoms with Gasteiger partial charge in [-0.15, -0.1) is 0 Å². The molecule has 0 radical (unpaired) electrons. The Morgan fingerprint density at radius 1 is 1.20 bits per heavy atom. The summed E-state index contributed by atoms with van der Waals surface area (Å²) in [6.07, 6.45) is 2.28. The summed E-state index contributed by atoms with van der Waals surface area (Å²) in [4.78, 5) is 2.34. The van der Waals surface area contributed by atoms with Crippen LogP contribution in [0.5, 0.6) is 0 Å². The van der Waals surface area contributed by atoms with Crippen LogP contribution in [-0.2, 0) is 0 Å². The maximum atomic E-state index is 6.01. The fourth-order valence-corrected chi connectivity index (χ4v) is 1.80. The first-order valence-electron chi connectivity index (χ1n) is 5.49. The maximum Gasteiger partial charge on any atom is 0.0656 e. The molecular weight excluding hydrogens is 208 g/mol. The molecule has 0 aliphatic heterocycles. The van der Waals surface area contributed by atoms with E-state index in [2.05, 4.69) is 18.7 Å². The van der Waals surface area contributed by atoms with Crippen molar-refractivity contribution >= 4 is 23.0 Å². The monoisotopic (exact) mass is 226 g/mol. The number of nitrogens with zero attached hydrogens (tertiary/aromatic N) is 1. The number of nitrogen functional groups attached to an aromatic ring is 1. The van der Waals surface area contributed by atoms with Gasteiger partial charge in [-0.2, -0.15) is 0 Å². The van der Waals surface area contributed by atoms with Gasteiger partial charge in [-0.05, 0) is 31.0 Å². The molecule has 0 aliphatic rings. The van der Waals surface area contributed by atoms with Crippen molar-refractivity contribution in [2.24, 2.45) is 0 Å². The molecule has 15 heavy (non-hydrogen) atoms. The Labute approximate surface area is 97.0 Å². The van der Waals surface area contributed by atoms with Crippen LogP contribution in [0.4, 0.5) is 11.4 Å². The molecule has 2 nitrogen and oxygen atoms in total. The van der Waals surface area contributed by atoms with Crippen LogP contribution in [0, 0.1) is 0 Å². The van der Waals surface area contributed by atoms with Crippen molar-refractivity contribution in [3.63, 3.8) is 0 Å². The number of anilines is 2. The highest BCUT2D eigenvalue weighted by molar-refractivity contribution is 6.33. The van der Waals surface area contributed by atoms with Crippen molar-refractivity contribution in [1.82, 2.24) is 0 Å². The molecule has 0 aliphatic carbocycles. The van der Waals surface area contributed by atoms with Crippen LogP contribution >= 0.6 is 11.6 Å². The number of benzene rings is 1. The van der Waals surface area contributed by atoms with Crippen molar-refractivity contribution in [1.29, 1.82) is 0 Å². The van der Waals surface area contributed by atoms with E-state index in [0.717, 1.165) is 31.6 Å². The third-order valence-electron chi connectivity index (χ3n) is 2.34. The van der Waals surface area contributed by atoms with E-state index in [-0.39, 0.29) is 0 Å². The zero-order valence-electron chi connectivity index (χ0n) is 9.46. The van der Waals surface area contributed by atoms with E-state index in [4.69, 9.17) is 17.3 Å². The summed E-state index contributed by atoms with van der Waals surface area (Å²) in [6, 6.07) is 5.85. The summed E-state index contributed by atoms with van der Waals surface area (Å²) < 4.78 is 0. The highest BCUT2D eigenvalue weighted by atomic mass is 35.5. The topological polar surface area (TPSA) is 29.3 Å². The lowest BCUT2D eigenvalue weighted by molar-refractivity contribution is 0.745. The van der Waals surface area contributed by atoms with Crippen LogP contribution in [0.3, 0.4) is 0 Å². The molecule has 0 heterocycles. The molecule has 0 fully saturated rings. The van der Waals surface area contributed by atoms with E-state index in [0.29, 0.717) is 10.7 Å². The zero-order valence-corrected chi connectivity index (χ0v) is 10.2. The summed E-state index contributed by atoms with van der Waals surface area (Å²) in [5.41, 5.74) is 7.50. The average molecular weight is 227 g/mol. The van der Waals surface area contributed by atoms with Crippen LogP contribution < -0.4 is 10.6 Å². The second-order valence-electron chi connectivity index (χ2n) is 3.69. The third kappa shape index (κ3) is 3.31. The third-order valence-corrected chi connectivity index (χ3v) is 2.66. The van der Waals surface area contributed by atoms with E-state index < -0.39 is 0 Å². The molecule has 1 rings (SSSR count). The van der Waals surface area contributed by atoms with Crippen LogP contribution in [0.25, 0.3) is 0 Å². The smallest absolute Gasteiger partial charge is 0.0656 e. The number of hydrogen-bond donors (Lipinski definition) is 1. The molecule has 0 saturated carbocycles. The van der Waals surface area contributed by atoms with Gasteiger partial charge in [-0.25, -0.2) is 0 Å². The Morgan fingerprint density at radius 2 is 1.80 bits per heavy atom. The minimum atomic E-state index is 0.643. The molecule has 0 atom stereocenters. The van der Waals surface area contributed by atoms with Gasteiger partial charge in [0.05, 0.1) is 10.7 Å². The second kappa shape index (κ2) is 5.86. The molecule has 2 N–H and O–H groups in total. The van der Waals surface area contributed by atoms with Gasteiger partial charge >= 0.3 is 0 Å². The molecule has 1 aromatic carbocycles. The first-order valence-corrected chi connectivity index (χ1v) is 5.86. The Bertz CT molecular complexity index is 306. The van der Waals surface area contributed by atoms with Crippen molar-refractivity contribution < 1.29 is 0 Å². The number of nitrogens with two attached hydrogens (primary N) is 1. The van der Waals surface area contributed by atoms with Gasteiger partial charge in [0.1, 0.15) is 0 Å². The van der Waals surface area contributed by atoms with Crippen LogP contribution in [0.1, 0.15) is 26.7 Å². The predicted octanol–water partition coefficient (Wildman–Crippen LogP) is 3.55. The van der Waals surface area contributed by atoms with Gasteiger partial charge in [0.25, 0.3) is 0 Å². The quantitative estimate of drug-likeness (QED) is 0.779. The molecule has 0 aromatic heterocycles. The summed E-state index contributed by atoms with van der Waals surface area (Å²) >= 11 is 6.01. The Morgan fingerprint density at radius 3 is 2.27 bits per heavy atom. The number of hydrogen-bond acceptors (Lipinski definition) is 2. The lowest BCUT2D eigenvalue weighted by Crippen LogP contribution is -2.24. The average Bonchev–Trinajstić information content (AvgIpc) is 2.22. The largest absolute Gasteiger partial charge is 0.398 e. The van der Waals surface area contributed by atoms with Gasteiger partial charge in [0.2, 0.25) is 0 Å². The fourth-order valence-electron chi connectivity index (χ4n) is 1.62. The highest BCUT2D eigenvalue weighted by Gasteiger charge is 2.05. The minimum absolute atomic E-state index is 0.643. The lowest BCUT2D eigenvalue weighted by atomic mass is 10.2. The van der Waals surface area contributed by atoms with E-state index in [1.54, 1.807) is 0 Å². The highest BCUT2D eigenvalue weighted by Crippen LogP contribution is 2.25. The lowest BCUT2D eigenvalue weighted by Gasteiger charge is -2.24. The fraction of sp³-hybridized carbons (Fsp3) is 0.500.